The Labute approximate surface area is 147 Å². The van der Waals surface area contributed by atoms with Gasteiger partial charge in [0.15, 0.2) is 11.5 Å². The summed E-state index contributed by atoms with van der Waals surface area (Å²) in [5.74, 6) is -0.115. The van der Waals surface area contributed by atoms with Crippen LogP contribution in [-0.4, -0.2) is 24.3 Å². The van der Waals surface area contributed by atoms with Gasteiger partial charge in [0.25, 0.3) is 5.91 Å². The van der Waals surface area contributed by atoms with Gasteiger partial charge in [-0.25, -0.2) is 5.43 Å². The molecule has 0 bridgehead atoms. The lowest BCUT2D eigenvalue weighted by molar-refractivity contribution is 0.0959. The van der Waals surface area contributed by atoms with Gasteiger partial charge >= 0.3 is 0 Å². The number of fused-ring (bicyclic) bond motifs is 1. The van der Waals surface area contributed by atoms with Crippen molar-refractivity contribution in [2.24, 2.45) is 5.10 Å². The molecule has 1 heterocycles. The number of carbonyl (C=O) groups excluding carboxylic acids is 1. The molecule has 2 aromatic carbocycles. The lowest BCUT2D eigenvalue weighted by Crippen LogP contribution is -2.16. The lowest BCUT2D eigenvalue weighted by Gasteiger charge is -2.04. The van der Waals surface area contributed by atoms with Gasteiger partial charge in [-0.05, 0) is 18.2 Å². The predicted octanol–water partition coefficient (Wildman–Crippen LogP) is 4.03. The number of halogens is 1. The molecule has 24 heavy (non-hydrogen) atoms. The second-order valence-corrected chi connectivity index (χ2v) is 6.27. The molecule has 0 atom stereocenters. The maximum atomic E-state index is 12.2. The van der Waals surface area contributed by atoms with Gasteiger partial charge in [-0.15, -0.1) is 11.3 Å². The Balaban J connectivity index is 1.79. The molecular weight excluding hydrogens is 348 g/mol. The van der Waals surface area contributed by atoms with E-state index in [4.69, 9.17) is 16.3 Å². The minimum atomic E-state index is -0.403. The maximum absolute atomic E-state index is 12.2. The molecular formula is C17H13ClN2O3S. The Kier molecular flexibility index (Phi) is 4.69. The fourth-order valence-electron chi connectivity index (χ4n) is 2.18. The number of nitrogens with one attached hydrogen (secondary N) is 1. The van der Waals surface area contributed by atoms with E-state index >= 15 is 0 Å². The molecule has 0 radical (unpaired) electrons. The summed E-state index contributed by atoms with van der Waals surface area (Å²) in [6, 6.07) is 12.5. The first-order valence-electron chi connectivity index (χ1n) is 6.98. The summed E-state index contributed by atoms with van der Waals surface area (Å²) >= 11 is 7.55. The van der Waals surface area contributed by atoms with Gasteiger partial charge in [-0.2, -0.15) is 5.10 Å². The Morgan fingerprint density at radius 3 is 2.83 bits per heavy atom. The number of ether oxygens (including phenoxy) is 1. The molecule has 0 saturated carbocycles. The van der Waals surface area contributed by atoms with Gasteiger partial charge in [0.05, 0.1) is 18.3 Å². The zero-order valence-electron chi connectivity index (χ0n) is 12.6. The van der Waals surface area contributed by atoms with Crippen molar-refractivity contribution in [3.05, 3.63) is 57.9 Å². The molecule has 0 saturated heterocycles. The van der Waals surface area contributed by atoms with E-state index in [1.54, 1.807) is 18.2 Å². The van der Waals surface area contributed by atoms with Crippen LogP contribution in [0, 0.1) is 0 Å². The van der Waals surface area contributed by atoms with Crippen molar-refractivity contribution >= 4 is 45.1 Å². The van der Waals surface area contributed by atoms with Crippen LogP contribution >= 0.6 is 22.9 Å². The first kappa shape index (κ1) is 16.3. The summed E-state index contributed by atoms with van der Waals surface area (Å²) in [5, 5.41) is 15.1. The van der Waals surface area contributed by atoms with Gasteiger partial charge in [0, 0.05) is 15.6 Å². The largest absolute Gasteiger partial charge is 0.504 e. The second-order valence-electron chi connectivity index (χ2n) is 4.84. The third kappa shape index (κ3) is 3.06. The normalized spacial score (nSPS) is 11.1. The number of nitrogens with zero attached hydrogens (tertiary/aromatic N) is 1. The molecule has 0 aliphatic heterocycles. The fraction of sp³-hybridized carbons (Fsp3) is 0.0588. The van der Waals surface area contributed by atoms with Gasteiger partial charge < -0.3 is 9.84 Å². The fourth-order valence-corrected chi connectivity index (χ4v) is 3.59. The number of hydrogen-bond acceptors (Lipinski definition) is 5. The van der Waals surface area contributed by atoms with Crippen LogP contribution in [0.5, 0.6) is 11.5 Å². The van der Waals surface area contributed by atoms with E-state index in [-0.39, 0.29) is 5.75 Å². The first-order valence-corrected chi connectivity index (χ1v) is 8.17. The summed E-state index contributed by atoms with van der Waals surface area (Å²) in [4.78, 5) is 12.6. The van der Waals surface area contributed by atoms with Crippen molar-refractivity contribution < 1.29 is 14.6 Å². The molecule has 122 valence electrons. The van der Waals surface area contributed by atoms with Crippen LogP contribution in [0.3, 0.4) is 0 Å². The highest BCUT2D eigenvalue weighted by molar-refractivity contribution is 7.21. The van der Waals surface area contributed by atoms with Crippen molar-refractivity contribution in [1.82, 2.24) is 5.43 Å². The number of para-hydroxylation sites is 1. The van der Waals surface area contributed by atoms with Crippen molar-refractivity contribution in [3.8, 4) is 11.5 Å². The Hall–Kier alpha value is -2.57. The second kappa shape index (κ2) is 6.90. The molecule has 1 aromatic heterocycles. The number of hydrazone groups is 1. The average molecular weight is 361 g/mol. The number of carbonyl (C=O) groups is 1. The third-order valence-electron chi connectivity index (χ3n) is 3.36. The number of phenols is 1. The summed E-state index contributed by atoms with van der Waals surface area (Å²) in [7, 11) is 1.46. The highest BCUT2D eigenvalue weighted by atomic mass is 35.5. The van der Waals surface area contributed by atoms with Gasteiger partial charge in [0.2, 0.25) is 0 Å². The zero-order valence-corrected chi connectivity index (χ0v) is 14.2. The van der Waals surface area contributed by atoms with E-state index in [1.165, 1.54) is 24.7 Å². The van der Waals surface area contributed by atoms with Crippen molar-refractivity contribution in [1.29, 1.82) is 0 Å². The SMILES string of the molecule is COc1cccc(/C=N\NC(=O)c2sc3ccccc3c2Cl)c1O. The lowest BCUT2D eigenvalue weighted by atomic mass is 10.2. The van der Waals surface area contributed by atoms with E-state index in [2.05, 4.69) is 10.5 Å². The van der Waals surface area contributed by atoms with Crippen molar-refractivity contribution in [2.45, 2.75) is 0 Å². The number of thiophene rings is 1. The van der Waals surface area contributed by atoms with Crippen molar-refractivity contribution in [2.75, 3.05) is 7.11 Å². The number of phenolic OH excluding ortho intramolecular Hbond substituents is 1. The molecule has 0 aliphatic rings. The predicted molar refractivity (Wildman–Crippen MR) is 96.6 cm³/mol. The quantitative estimate of drug-likeness (QED) is 0.545. The van der Waals surface area contributed by atoms with E-state index in [0.29, 0.717) is 21.2 Å². The number of aromatic hydroxyl groups is 1. The molecule has 5 nitrogen and oxygen atoms in total. The molecule has 7 heteroatoms. The van der Waals surface area contributed by atoms with E-state index < -0.39 is 5.91 Å². The number of rotatable bonds is 4. The van der Waals surface area contributed by atoms with Crippen LogP contribution in [0.4, 0.5) is 0 Å². The molecule has 1 amide bonds. The van der Waals surface area contributed by atoms with Crippen LogP contribution in [0.2, 0.25) is 5.02 Å². The summed E-state index contributed by atoms with van der Waals surface area (Å²) < 4.78 is 5.95. The molecule has 3 aromatic rings. The summed E-state index contributed by atoms with van der Waals surface area (Å²) in [6.45, 7) is 0. The van der Waals surface area contributed by atoms with Gasteiger partial charge in [0.1, 0.15) is 4.88 Å². The molecule has 3 rings (SSSR count). The molecule has 2 N–H and O–H groups in total. The molecule has 0 spiro atoms. The van der Waals surface area contributed by atoms with Crippen LogP contribution < -0.4 is 10.2 Å². The minimum Gasteiger partial charge on any atom is -0.504 e. The Morgan fingerprint density at radius 2 is 2.08 bits per heavy atom. The van der Waals surface area contributed by atoms with Crippen LogP contribution in [0.1, 0.15) is 15.2 Å². The molecule has 0 unspecified atom stereocenters. The van der Waals surface area contributed by atoms with Crippen LogP contribution in [0.15, 0.2) is 47.6 Å². The van der Waals surface area contributed by atoms with Crippen LogP contribution in [0.25, 0.3) is 10.1 Å². The molecule has 0 fully saturated rings. The zero-order chi connectivity index (χ0) is 17.1. The first-order chi connectivity index (χ1) is 11.6. The third-order valence-corrected chi connectivity index (χ3v) is 5.04. The summed E-state index contributed by atoms with van der Waals surface area (Å²) in [5.41, 5.74) is 2.85. The highest BCUT2D eigenvalue weighted by Gasteiger charge is 2.16. The van der Waals surface area contributed by atoms with E-state index in [1.807, 2.05) is 24.3 Å². The Bertz CT molecular complexity index is 937. The topological polar surface area (TPSA) is 70.9 Å². The minimum absolute atomic E-state index is 0.0436. The van der Waals surface area contributed by atoms with Crippen molar-refractivity contribution in [3.63, 3.8) is 0 Å². The van der Waals surface area contributed by atoms with E-state index in [0.717, 1.165) is 10.1 Å². The number of hydrogen-bond donors (Lipinski definition) is 2. The molecule has 0 aliphatic carbocycles. The summed E-state index contributed by atoms with van der Waals surface area (Å²) in [6.07, 6.45) is 1.34. The Morgan fingerprint density at radius 1 is 1.29 bits per heavy atom. The maximum Gasteiger partial charge on any atom is 0.283 e. The smallest absolute Gasteiger partial charge is 0.283 e. The monoisotopic (exact) mass is 360 g/mol. The average Bonchev–Trinajstić information content (AvgIpc) is 2.94. The van der Waals surface area contributed by atoms with Gasteiger partial charge in [-0.3, -0.25) is 4.79 Å². The number of benzene rings is 2. The van der Waals surface area contributed by atoms with Crippen LogP contribution in [-0.2, 0) is 0 Å². The standard InChI is InChI=1S/C17H13ClN2O3S/c1-23-12-7-4-5-10(15(12)21)9-19-20-17(22)16-14(18)11-6-2-3-8-13(11)24-16/h2-9,21H,1H3,(H,20,22)/b19-9-. The highest BCUT2D eigenvalue weighted by Crippen LogP contribution is 2.35. The van der Waals surface area contributed by atoms with E-state index in [9.17, 15) is 9.90 Å². The number of methoxy groups -OCH3 is 1. The number of amides is 1. The van der Waals surface area contributed by atoms with Gasteiger partial charge in [-0.1, -0.05) is 35.9 Å².